The Morgan fingerprint density at radius 3 is 2.81 bits per heavy atom. The first-order valence-electron chi connectivity index (χ1n) is 6.91. The molecule has 1 aromatic heterocycles. The summed E-state index contributed by atoms with van der Waals surface area (Å²) in [7, 11) is 0. The quantitative estimate of drug-likeness (QED) is 0.936. The molecule has 0 bridgehead atoms. The number of benzene rings is 1. The first-order chi connectivity index (χ1) is 10.1. The normalized spacial score (nSPS) is 19.0. The number of hydrogen-bond donors (Lipinski definition) is 1. The van der Waals surface area contributed by atoms with Crippen molar-refractivity contribution in [3.8, 4) is 5.69 Å². The second kappa shape index (κ2) is 5.65. The van der Waals surface area contributed by atoms with Gasteiger partial charge >= 0.3 is 5.97 Å². The lowest BCUT2D eigenvalue weighted by Crippen LogP contribution is -2.35. The summed E-state index contributed by atoms with van der Waals surface area (Å²) in [6.07, 6.45) is 3.39. The number of aromatic nitrogens is 2. The van der Waals surface area contributed by atoms with Crippen LogP contribution in [0.4, 0.5) is 4.39 Å². The van der Waals surface area contributed by atoms with Crippen molar-refractivity contribution < 1.29 is 14.3 Å². The molecule has 1 atom stereocenters. The number of nitrogens with zero attached hydrogens (tertiary/aromatic N) is 3. The van der Waals surface area contributed by atoms with Crippen molar-refractivity contribution in [2.24, 2.45) is 0 Å². The van der Waals surface area contributed by atoms with Crippen molar-refractivity contribution in [2.45, 2.75) is 25.4 Å². The van der Waals surface area contributed by atoms with Crippen LogP contribution in [0.5, 0.6) is 0 Å². The third-order valence-electron chi connectivity index (χ3n) is 3.75. The number of rotatable bonds is 4. The van der Waals surface area contributed by atoms with E-state index < -0.39 is 12.0 Å². The van der Waals surface area contributed by atoms with Crippen LogP contribution < -0.4 is 0 Å². The van der Waals surface area contributed by atoms with Gasteiger partial charge < -0.3 is 5.11 Å². The molecule has 1 N–H and O–H groups in total. The maximum absolute atomic E-state index is 12.9. The van der Waals surface area contributed by atoms with Crippen LogP contribution in [0.2, 0.25) is 0 Å². The highest BCUT2D eigenvalue weighted by atomic mass is 19.1. The molecule has 1 aliphatic rings. The molecule has 3 rings (SSSR count). The number of aliphatic carboxylic acids is 1. The molecule has 0 radical (unpaired) electrons. The van der Waals surface area contributed by atoms with Crippen LogP contribution in [0.25, 0.3) is 5.69 Å². The van der Waals surface area contributed by atoms with Crippen LogP contribution in [-0.2, 0) is 11.3 Å². The summed E-state index contributed by atoms with van der Waals surface area (Å²) in [5, 5.41) is 13.6. The van der Waals surface area contributed by atoms with E-state index >= 15 is 0 Å². The van der Waals surface area contributed by atoms with E-state index in [0.717, 1.165) is 24.3 Å². The average molecular weight is 289 g/mol. The summed E-state index contributed by atoms with van der Waals surface area (Å²) in [5.74, 6) is -1.06. The van der Waals surface area contributed by atoms with Crippen molar-refractivity contribution in [2.75, 3.05) is 6.54 Å². The average Bonchev–Trinajstić information content (AvgIpc) is 3.09. The van der Waals surface area contributed by atoms with Gasteiger partial charge in [-0.25, -0.2) is 9.07 Å². The summed E-state index contributed by atoms with van der Waals surface area (Å²) >= 11 is 0. The molecule has 1 unspecified atom stereocenters. The highest BCUT2D eigenvalue weighted by Crippen LogP contribution is 2.20. The van der Waals surface area contributed by atoms with Crippen molar-refractivity contribution in [1.29, 1.82) is 0 Å². The molecule has 110 valence electrons. The Hall–Kier alpha value is -2.21. The van der Waals surface area contributed by atoms with Crippen molar-refractivity contribution in [3.05, 3.63) is 48.0 Å². The lowest BCUT2D eigenvalue weighted by Gasteiger charge is -2.19. The fourth-order valence-electron chi connectivity index (χ4n) is 2.69. The van der Waals surface area contributed by atoms with E-state index in [4.69, 9.17) is 5.11 Å². The minimum Gasteiger partial charge on any atom is -0.480 e. The van der Waals surface area contributed by atoms with Crippen molar-refractivity contribution >= 4 is 5.97 Å². The summed E-state index contributed by atoms with van der Waals surface area (Å²) in [6, 6.07) is 7.53. The minimum atomic E-state index is -0.773. The monoisotopic (exact) mass is 289 g/mol. The number of carboxylic acids is 1. The second-order valence-electron chi connectivity index (χ2n) is 5.19. The zero-order valence-corrected chi connectivity index (χ0v) is 11.4. The Kier molecular flexibility index (Phi) is 3.70. The Morgan fingerprint density at radius 1 is 1.33 bits per heavy atom. The number of carboxylic acid groups (broad SMARTS) is 1. The molecule has 2 aromatic rings. The Labute approximate surface area is 121 Å². The van der Waals surface area contributed by atoms with Gasteiger partial charge in [-0.3, -0.25) is 9.69 Å². The Morgan fingerprint density at radius 2 is 2.10 bits per heavy atom. The fraction of sp³-hybridized carbons (Fsp3) is 0.333. The molecule has 1 aromatic carbocycles. The molecule has 0 saturated carbocycles. The lowest BCUT2D eigenvalue weighted by molar-refractivity contribution is -0.142. The van der Waals surface area contributed by atoms with E-state index in [1.165, 1.54) is 12.1 Å². The third kappa shape index (κ3) is 2.95. The van der Waals surface area contributed by atoms with E-state index in [9.17, 15) is 9.18 Å². The first kappa shape index (κ1) is 13.8. The topological polar surface area (TPSA) is 58.4 Å². The van der Waals surface area contributed by atoms with Crippen molar-refractivity contribution in [3.63, 3.8) is 0 Å². The molecule has 5 nitrogen and oxygen atoms in total. The van der Waals surface area contributed by atoms with Gasteiger partial charge in [0.1, 0.15) is 11.9 Å². The molecular formula is C15H16FN3O2. The molecule has 0 aliphatic carbocycles. The zero-order chi connectivity index (χ0) is 14.8. The minimum absolute atomic E-state index is 0.285. The molecule has 1 fully saturated rings. The van der Waals surface area contributed by atoms with Gasteiger partial charge in [-0.05, 0) is 49.7 Å². The highest BCUT2D eigenvalue weighted by molar-refractivity contribution is 5.73. The summed E-state index contributed by atoms with van der Waals surface area (Å²) < 4.78 is 14.6. The predicted octanol–water partition coefficient (Wildman–Crippen LogP) is 2.06. The SMILES string of the molecule is O=C(O)C1CCCN1Cc1ccn(-c2ccc(F)cc2)n1. The zero-order valence-electron chi connectivity index (χ0n) is 11.4. The number of likely N-dealkylation sites (tertiary alicyclic amines) is 1. The summed E-state index contributed by atoms with van der Waals surface area (Å²) in [6.45, 7) is 1.30. The lowest BCUT2D eigenvalue weighted by atomic mass is 10.2. The van der Waals surface area contributed by atoms with Crippen LogP contribution in [0.3, 0.4) is 0 Å². The number of carbonyl (C=O) groups is 1. The van der Waals surface area contributed by atoms with Crippen molar-refractivity contribution in [1.82, 2.24) is 14.7 Å². The molecule has 0 amide bonds. The molecule has 1 aliphatic heterocycles. The molecular weight excluding hydrogens is 273 g/mol. The molecule has 2 heterocycles. The fourth-order valence-corrected chi connectivity index (χ4v) is 2.69. The smallest absolute Gasteiger partial charge is 0.320 e. The van der Waals surface area contributed by atoms with E-state index in [1.54, 1.807) is 23.0 Å². The van der Waals surface area contributed by atoms with E-state index in [-0.39, 0.29) is 5.82 Å². The standard InChI is InChI=1S/C15H16FN3O2/c16-11-3-5-13(6-4-11)19-9-7-12(17-19)10-18-8-1-2-14(18)15(20)21/h3-7,9,14H,1-2,8,10H2,(H,20,21). The third-order valence-corrected chi connectivity index (χ3v) is 3.75. The van der Waals surface area contributed by atoms with Gasteiger partial charge in [0.15, 0.2) is 0 Å². The van der Waals surface area contributed by atoms with Gasteiger partial charge in [-0.1, -0.05) is 0 Å². The number of hydrogen-bond acceptors (Lipinski definition) is 3. The number of halogens is 1. The predicted molar refractivity (Wildman–Crippen MR) is 74.6 cm³/mol. The van der Waals surface area contributed by atoms with E-state index in [1.807, 2.05) is 11.0 Å². The summed E-state index contributed by atoms with van der Waals surface area (Å²) in [5.41, 5.74) is 1.59. The molecule has 0 spiro atoms. The van der Waals surface area contributed by atoms with Gasteiger partial charge in [0, 0.05) is 12.7 Å². The van der Waals surface area contributed by atoms with Gasteiger partial charge in [0.25, 0.3) is 0 Å². The van der Waals surface area contributed by atoms with Gasteiger partial charge in [-0.15, -0.1) is 0 Å². The maximum Gasteiger partial charge on any atom is 0.320 e. The molecule has 21 heavy (non-hydrogen) atoms. The van der Waals surface area contributed by atoms with Gasteiger partial charge in [-0.2, -0.15) is 5.10 Å². The first-order valence-corrected chi connectivity index (χ1v) is 6.91. The van der Waals surface area contributed by atoms with Gasteiger partial charge in [0.05, 0.1) is 11.4 Å². The largest absolute Gasteiger partial charge is 0.480 e. The van der Waals surface area contributed by atoms with Crippen LogP contribution in [0, 0.1) is 5.82 Å². The molecule has 6 heteroatoms. The van der Waals surface area contributed by atoms with E-state index in [2.05, 4.69) is 5.10 Å². The van der Waals surface area contributed by atoms with Crippen LogP contribution in [0.1, 0.15) is 18.5 Å². The van der Waals surface area contributed by atoms with Crippen LogP contribution in [0.15, 0.2) is 36.5 Å². The molecule has 1 saturated heterocycles. The second-order valence-corrected chi connectivity index (χ2v) is 5.19. The Balaban J connectivity index is 1.73. The van der Waals surface area contributed by atoms with E-state index in [0.29, 0.717) is 13.0 Å². The maximum atomic E-state index is 12.9. The van der Waals surface area contributed by atoms with Crippen LogP contribution in [-0.4, -0.2) is 38.3 Å². The summed E-state index contributed by atoms with van der Waals surface area (Å²) in [4.78, 5) is 13.1. The highest BCUT2D eigenvalue weighted by Gasteiger charge is 2.30. The van der Waals surface area contributed by atoms with Gasteiger partial charge in [0.2, 0.25) is 0 Å². The van der Waals surface area contributed by atoms with Crippen LogP contribution >= 0.6 is 0 Å². The Bertz CT molecular complexity index is 639.